The minimum atomic E-state index is -1.12. The van der Waals surface area contributed by atoms with Gasteiger partial charge in [0.15, 0.2) is 0 Å². The van der Waals surface area contributed by atoms with E-state index in [0.717, 1.165) is 6.07 Å². The molecule has 1 unspecified atom stereocenters. The van der Waals surface area contributed by atoms with E-state index in [0.29, 0.717) is 0 Å². The topological polar surface area (TPSA) is 83.6 Å². The zero-order valence-corrected chi connectivity index (χ0v) is 7.81. The monoisotopic (exact) mass is 217 g/mol. The van der Waals surface area contributed by atoms with E-state index in [-0.39, 0.29) is 16.3 Å². The Labute approximate surface area is 84.7 Å². The molecule has 5 nitrogen and oxygen atoms in total. The second kappa shape index (κ2) is 4.36. The fraction of sp³-hybridized carbons (Fsp3) is 0.250. The molecule has 0 aliphatic carbocycles. The van der Waals surface area contributed by atoms with Crippen molar-refractivity contribution in [2.75, 3.05) is 6.61 Å². The van der Waals surface area contributed by atoms with Gasteiger partial charge < -0.3 is 10.2 Å². The van der Waals surface area contributed by atoms with Crippen molar-refractivity contribution in [2.45, 2.75) is 6.10 Å². The minimum absolute atomic E-state index is 0.00360. The third-order valence-corrected chi connectivity index (χ3v) is 2.04. The molecule has 0 amide bonds. The lowest BCUT2D eigenvalue weighted by atomic mass is 10.1. The second-order valence-corrected chi connectivity index (χ2v) is 3.07. The predicted octanol–water partition coefficient (Wildman–Crippen LogP) is 1.27. The van der Waals surface area contributed by atoms with Crippen LogP contribution in [-0.4, -0.2) is 21.7 Å². The highest BCUT2D eigenvalue weighted by atomic mass is 35.5. The molecule has 0 aliphatic rings. The van der Waals surface area contributed by atoms with Crippen molar-refractivity contribution in [1.82, 2.24) is 0 Å². The van der Waals surface area contributed by atoms with Crippen LogP contribution in [0.25, 0.3) is 0 Å². The molecule has 0 aromatic heterocycles. The highest BCUT2D eigenvalue weighted by Gasteiger charge is 2.15. The molecule has 76 valence electrons. The molecule has 1 rings (SSSR count). The Morgan fingerprint density at radius 2 is 2.21 bits per heavy atom. The molecule has 6 heteroatoms. The summed E-state index contributed by atoms with van der Waals surface area (Å²) < 4.78 is 0. The zero-order chi connectivity index (χ0) is 10.7. The Morgan fingerprint density at radius 3 is 2.71 bits per heavy atom. The number of halogens is 1. The fourth-order valence-corrected chi connectivity index (χ4v) is 1.17. The van der Waals surface area contributed by atoms with Crippen molar-refractivity contribution in [3.8, 4) is 0 Å². The standard InChI is InChI=1S/C8H8ClNO4/c9-6-2-1-5(8(12)4-11)3-7(6)10(13)14/h1-3,8,11-12H,4H2. The molecule has 1 atom stereocenters. The van der Waals surface area contributed by atoms with Crippen LogP contribution in [0.5, 0.6) is 0 Å². The van der Waals surface area contributed by atoms with Gasteiger partial charge in [-0.25, -0.2) is 0 Å². The maximum atomic E-state index is 10.5. The number of hydrogen-bond acceptors (Lipinski definition) is 4. The van der Waals surface area contributed by atoms with Gasteiger partial charge >= 0.3 is 0 Å². The molecule has 0 heterocycles. The van der Waals surface area contributed by atoms with Gasteiger partial charge in [0.2, 0.25) is 0 Å². The van der Waals surface area contributed by atoms with Gasteiger partial charge in [0.05, 0.1) is 11.5 Å². The maximum absolute atomic E-state index is 10.5. The quantitative estimate of drug-likeness (QED) is 0.590. The Balaban J connectivity index is 3.12. The molecule has 0 saturated heterocycles. The third kappa shape index (κ3) is 2.20. The van der Waals surface area contributed by atoms with Crippen LogP contribution in [0.3, 0.4) is 0 Å². The van der Waals surface area contributed by atoms with Gasteiger partial charge in [-0.3, -0.25) is 10.1 Å². The Morgan fingerprint density at radius 1 is 1.57 bits per heavy atom. The number of benzene rings is 1. The van der Waals surface area contributed by atoms with Crippen molar-refractivity contribution in [1.29, 1.82) is 0 Å². The molecular weight excluding hydrogens is 210 g/mol. The number of nitro benzene ring substituents is 1. The van der Waals surface area contributed by atoms with E-state index in [4.69, 9.17) is 16.7 Å². The van der Waals surface area contributed by atoms with Gasteiger partial charge in [0, 0.05) is 6.07 Å². The zero-order valence-electron chi connectivity index (χ0n) is 7.05. The average Bonchev–Trinajstić information content (AvgIpc) is 2.17. The van der Waals surface area contributed by atoms with E-state index < -0.39 is 17.6 Å². The minimum Gasteiger partial charge on any atom is -0.393 e. The summed E-state index contributed by atoms with van der Waals surface area (Å²) in [6, 6.07) is 3.88. The Bertz CT molecular complexity index is 355. The number of nitrogens with zero attached hydrogens (tertiary/aromatic N) is 1. The molecular formula is C8H8ClNO4. The van der Waals surface area contributed by atoms with Gasteiger partial charge in [0.25, 0.3) is 5.69 Å². The van der Waals surface area contributed by atoms with Crippen molar-refractivity contribution in [2.24, 2.45) is 0 Å². The van der Waals surface area contributed by atoms with Crippen LogP contribution in [0.1, 0.15) is 11.7 Å². The van der Waals surface area contributed by atoms with Crippen molar-refractivity contribution >= 4 is 17.3 Å². The lowest BCUT2D eigenvalue weighted by Crippen LogP contribution is -2.03. The molecule has 0 saturated carbocycles. The molecule has 0 bridgehead atoms. The number of hydrogen-bond donors (Lipinski definition) is 2. The highest BCUT2D eigenvalue weighted by Crippen LogP contribution is 2.27. The number of aliphatic hydroxyl groups excluding tert-OH is 2. The first kappa shape index (κ1) is 10.9. The second-order valence-electron chi connectivity index (χ2n) is 2.67. The fourth-order valence-electron chi connectivity index (χ4n) is 0.982. The first-order chi connectivity index (χ1) is 6.56. The summed E-state index contributed by atoms with van der Waals surface area (Å²) in [5.74, 6) is 0. The van der Waals surface area contributed by atoms with Crippen LogP contribution < -0.4 is 0 Å². The van der Waals surface area contributed by atoms with E-state index in [1.807, 2.05) is 0 Å². The Kier molecular flexibility index (Phi) is 3.40. The molecule has 0 aliphatic heterocycles. The van der Waals surface area contributed by atoms with Gasteiger partial charge in [-0.15, -0.1) is 0 Å². The van der Waals surface area contributed by atoms with Crippen molar-refractivity contribution < 1.29 is 15.1 Å². The summed E-state index contributed by atoms with van der Waals surface area (Å²) in [7, 11) is 0. The summed E-state index contributed by atoms with van der Waals surface area (Å²) in [4.78, 5) is 9.82. The molecule has 14 heavy (non-hydrogen) atoms. The van der Waals surface area contributed by atoms with E-state index >= 15 is 0 Å². The van der Waals surface area contributed by atoms with Gasteiger partial charge in [-0.05, 0) is 11.6 Å². The molecule has 0 spiro atoms. The van der Waals surface area contributed by atoms with E-state index in [9.17, 15) is 15.2 Å². The van der Waals surface area contributed by atoms with Crippen LogP contribution in [-0.2, 0) is 0 Å². The number of rotatable bonds is 3. The molecule has 1 aromatic rings. The smallest absolute Gasteiger partial charge is 0.288 e. The van der Waals surface area contributed by atoms with E-state index in [1.165, 1.54) is 12.1 Å². The summed E-state index contributed by atoms with van der Waals surface area (Å²) in [5, 5.41) is 28.3. The SMILES string of the molecule is O=[N+]([O-])c1cc(C(O)CO)ccc1Cl. The van der Waals surface area contributed by atoms with Crippen molar-refractivity contribution in [3.63, 3.8) is 0 Å². The normalized spacial score (nSPS) is 12.5. The third-order valence-electron chi connectivity index (χ3n) is 1.72. The van der Waals surface area contributed by atoms with E-state index in [1.54, 1.807) is 0 Å². The summed E-state index contributed by atoms with van der Waals surface area (Å²) >= 11 is 5.55. The molecule has 1 aromatic carbocycles. The van der Waals surface area contributed by atoms with E-state index in [2.05, 4.69) is 0 Å². The van der Waals surface area contributed by atoms with Crippen LogP contribution >= 0.6 is 11.6 Å². The summed E-state index contributed by atoms with van der Waals surface area (Å²) in [6.07, 6.45) is -1.12. The number of nitro groups is 1. The first-order valence-electron chi connectivity index (χ1n) is 3.79. The lowest BCUT2D eigenvalue weighted by molar-refractivity contribution is -0.384. The lowest BCUT2D eigenvalue weighted by Gasteiger charge is -2.06. The molecule has 2 N–H and O–H groups in total. The van der Waals surface area contributed by atoms with Crippen LogP contribution in [0.4, 0.5) is 5.69 Å². The van der Waals surface area contributed by atoms with Crippen molar-refractivity contribution in [3.05, 3.63) is 38.9 Å². The van der Waals surface area contributed by atoms with Crippen LogP contribution in [0.15, 0.2) is 18.2 Å². The molecule has 0 fully saturated rings. The number of aliphatic hydroxyl groups is 2. The predicted molar refractivity (Wildman–Crippen MR) is 50.2 cm³/mol. The van der Waals surface area contributed by atoms with Gasteiger partial charge in [-0.2, -0.15) is 0 Å². The van der Waals surface area contributed by atoms with Gasteiger partial charge in [-0.1, -0.05) is 17.7 Å². The first-order valence-corrected chi connectivity index (χ1v) is 4.17. The van der Waals surface area contributed by atoms with Crippen LogP contribution in [0, 0.1) is 10.1 Å². The highest BCUT2D eigenvalue weighted by molar-refractivity contribution is 6.32. The van der Waals surface area contributed by atoms with Crippen LogP contribution in [0.2, 0.25) is 5.02 Å². The molecule has 0 radical (unpaired) electrons. The maximum Gasteiger partial charge on any atom is 0.288 e. The summed E-state index contributed by atoms with van der Waals surface area (Å²) in [6.45, 7) is -0.487. The van der Waals surface area contributed by atoms with Gasteiger partial charge in [0.1, 0.15) is 11.1 Å². The summed E-state index contributed by atoms with van der Waals surface area (Å²) in [5.41, 5.74) is -0.0136. The Hall–Kier alpha value is -1.17. The largest absolute Gasteiger partial charge is 0.393 e. The average molecular weight is 218 g/mol.